The van der Waals surface area contributed by atoms with Gasteiger partial charge in [-0.15, -0.1) is 0 Å². The second kappa shape index (κ2) is 5.66. The lowest BCUT2D eigenvalue weighted by Crippen LogP contribution is -2.11. The summed E-state index contributed by atoms with van der Waals surface area (Å²) in [5.74, 6) is 0.536. The maximum Gasteiger partial charge on any atom is 0.273 e. The van der Waals surface area contributed by atoms with Crippen molar-refractivity contribution in [3.05, 3.63) is 33.3 Å². The number of nitrogens with one attached hydrogen (secondary N) is 1. The molecule has 2 aromatic rings. The molecule has 0 aliphatic carbocycles. The highest BCUT2D eigenvalue weighted by atomic mass is 79.9. The molecule has 0 aliphatic rings. The van der Waals surface area contributed by atoms with Crippen LogP contribution in [0.1, 0.15) is 0 Å². The molecule has 19 heavy (non-hydrogen) atoms. The maximum absolute atomic E-state index is 12.1. The predicted molar refractivity (Wildman–Crippen MR) is 78.6 cm³/mol. The number of hydrogen-bond donors (Lipinski definition) is 1. The molecule has 0 bridgehead atoms. The normalized spacial score (nSPS) is 11.3. The zero-order valence-corrected chi connectivity index (χ0v) is 13.5. The Balaban J connectivity index is 2.32. The smallest absolute Gasteiger partial charge is 0.273 e. The molecule has 0 saturated heterocycles. The van der Waals surface area contributed by atoms with Crippen LogP contribution in [0.5, 0.6) is 5.75 Å². The fraction of sp³-hybridized carbons (Fsp3) is 0.100. The monoisotopic (exact) mass is 382 g/mol. The highest BCUT2D eigenvalue weighted by Gasteiger charge is 2.18. The lowest BCUT2D eigenvalue weighted by molar-refractivity contribution is 0.415. The number of benzene rings is 1. The summed E-state index contributed by atoms with van der Waals surface area (Å²) in [6.07, 6.45) is 1.21. The molecule has 5 nitrogen and oxygen atoms in total. The van der Waals surface area contributed by atoms with Crippen molar-refractivity contribution in [3.8, 4) is 5.75 Å². The number of aromatic nitrogens is 1. The van der Waals surface area contributed by atoms with Gasteiger partial charge in [0.05, 0.1) is 19.0 Å². The van der Waals surface area contributed by atoms with E-state index in [0.717, 1.165) is 11.3 Å². The largest absolute Gasteiger partial charge is 0.497 e. The Morgan fingerprint density at radius 2 is 2.16 bits per heavy atom. The number of halogens is 2. The first-order valence-electron chi connectivity index (χ1n) is 4.89. The number of hydrogen-bond acceptors (Lipinski definition) is 5. The third kappa shape index (κ3) is 3.59. The molecular formula is C10H8BrClN2O3S2. The van der Waals surface area contributed by atoms with Crippen molar-refractivity contribution in [2.45, 2.75) is 4.21 Å². The van der Waals surface area contributed by atoms with Gasteiger partial charge in [0.15, 0.2) is 8.68 Å². The molecule has 0 spiro atoms. The van der Waals surface area contributed by atoms with Gasteiger partial charge < -0.3 is 4.74 Å². The van der Waals surface area contributed by atoms with E-state index in [2.05, 4.69) is 25.6 Å². The van der Waals surface area contributed by atoms with Crippen LogP contribution >= 0.6 is 38.9 Å². The van der Waals surface area contributed by atoms with Crippen molar-refractivity contribution in [3.63, 3.8) is 0 Å². The second-order valence-electron chi connectivity index (χ2n) is 3.42. The first-order chi connectivity index (χ1) is 8.90. The highest BCUT2D eigenvalue weighted by Crippen LogP contribution is 2.28. The third-order valence-corrected chi connectivity index (χ3v) is 5.50. The minimum absolute atomic E-state index is 0.0523. The number of ether oxygens (including phenoxy) is 1. The van der Waals surface area contributed by atoms with Crippen molar-refractivity contribution < 1.29 is 13.2 Å². The lowest BCUT2D eigenvalue weighted by Gasteiger charge is -2.08. The van der Waals surface area contributed by atoms with Gasteiger partial charge in [-0.2, -0.15) is 0 Å². The SMILES string of the molecule is COc1cc(Br)cc(NS(=O)(=O)c2cnc(Cl)s2)c1. The van der Waals surface area contributed by atoms with Gasteiger partial charge in [0.1, 0.15) is 5.75 Å². The predicted octanol–water partition coefficient (Wildman–Crippen LogP) is 3.37. The van der Waals surface area contributed by atoms with Gasteiger partial charge in [-0.25, -0.2) is 13.4 Å². The molecule has 0 radical (unpaired) electrons. The van der Waals surface area contributed by atoms with Crippen LogP contribution in [-0.4, -0.2) is 20.5 Å². The van der Waals surface area contributed by atoms with Gasteiger partial charge in [0.2, 0.25) is 0 Å². The molecule has 0 aliphatic heterocycles. The molecule has 1 aromatic heterocycles. The number of methoxy groups -OCH3 is 1. The number of rotatable bonds is 4. The summed E-state index contributed by atoms with van der Waals surface area (Å²) < 4.78 is 32.6. The zero-order chi connectivity index (χ0) is 14.0. The van der Waals surface area contributed by atoms with Crippen LogP contribution in [0.4, 0.5) is 5.69 Å². The van der Waals surface area contributed by atoms with Crippen LogP contribution in [0, 0.1) is 0 Å². The van der Waals surface area contributed by atoms with Crippen molar-refractivity contribution >= 4 is 54.6 Å². The molecule has 102 valence electrons. The van der Waals surface area contributed by atoms with E-state index >= 15 is 0 Å². The molecule has 1 aromatic carbocycles. The summed E-state index contributed by atoms with van der Waals surface area (Å²) in [4.78, 5) is 3.71. The molecule has 0 unspecified atom stereocenters. The molecular weight excluding hydrogens is 376 g/mol. The van der Waals surface area contributed by atoms with Gasteiger partial charge in [-0.1, -0.05) is 38.9 Å². The van der Waals surface area contributed by atoms with Gasteiger partial charge in [0, 0.05) is 10.5 Å². The topological polar surface area (TPSA) is 68.3 Å². The molecule has 1 N–H and O–H groups in total. The van der Waals surface area contributed by atoms with Crippen LogP contribution in [0.25, 0.3) is 0 Å². The molecule has 0 saturated carbocycles. The van der Waals surface area contributed by atoms with Crippen LogP contribution in [0.15, 0.2) is 33.1 Å². The molecule has 9 heteroatoms. The second-order valence-corrected chi connectivity index (χ2v) is 7.86. The van der Waals surface area contributed by atoms with Gasteiger partial charge in [-0.05, 0) is 12.1 Å². The first kappa shape index (κ1) is 14.6. The van der Waals surface area contributed by atoms with Crippen molar-refractivity contribution in [2.24, 2.45) is 0 Å². The number of sulfonamides is 1. The summed E-state index contributed by atoms with van der Waals surface area (Å²) in [5, 5.41) is 0. The molecule has 0 fully saturated rings. The minimum atomic E-state index is -3.69. The fourth-order valence-electron chi connectivity index (χ4n) is 1.31. The Kier molecular flexibility index (Phi) is 4.34. The van der Waals surface area contributed by atoms with E-state index in [4.69, 9.17) is 16.3 Å². The van der Waals surface area contributed by atoms with Gasteiger partial charge >= 0.3 is 0 Å². The van der Waals surface area contributed by atoms with Crippen molar-refractivity contribution in [1.82, 2.24) is 4.98 Å². The standard InChI is InChI=1S/C10H8BrClN2O3S2/c1-17-8-3-6(11)2-7(4-8)14-19(15,16)9-5-13-10(12)18-9/h2-5,14H,1H3. The summed E-state index contributed by atoms with van der Waals surface area (Å²) in [5.41, 5.74) is 0.385. The number of nitrogens with zero attached hydrogens (tertiary/aromatic N) is 1. The first-order valence-corrected chi connectivity index (χ1v) is 8.36. The van der Waals surface area contributed by atoms with Crippen LogP contribution in [0.3, 0.4) is 0 Å². The summed E-state index contributed by atoms with van der Waals surface area (Å²) in [6.45, 7) is 0. The van der Waals surface area contributed by atoms with E-state index < -0.39 is 10.0 Å². The quantitative estimate of drug-likeness (QED) is 0.879. The zero-order valence-electron chi connectivity index (χ0n) is 9.55. The van der Waals surface area contributed by atoms with E-state index in [1.807, 2.05) is 0 Å². The third-order valence-electron chi connectivity index (χ3n) is 2.08. The Morgan fingerprint density at radius 3 is 2.74 bits per heavy atom. The summed E-state index contributed by atoms with van der Waals surface area (Å²) >= 11 is 9.80. The van der Waals surface area contributed by atoms with E-state index in [-0.39, 0.29) is 8.68 Å². The van der Waals surface area contributed by atoms with Crippen LogP contribution in [0.2, 0.25) is 4.47 Å². The summed E-state index contributed by atoms with van der Waals surface area (Å²) in [6, 6.07) is 4.93. The molecule has 0 amide bonds. The maximum atomic E-state index is 12.1. The Bertz CT molecular complexity index is 703. The van der Waals surface area contributed by atoms with Crippen molar-refractivity contribution in [2.75, 3.05) is 11.8 Å². The Labute approximate surface area is 127 Å². The minimum Gasteiger partial charge on any atom is -0.497 e. The van der Waals surface area contributed by atoms with Crippen LogP contribution in [-0.2, 0) is 10.0 Å². The number of anilines is 1. The fourth-order valence-corrected chi connectivity index (χ4v) is 4.11. The van der Waals surface area contributed by atoms with Crippen LogP contribution < -0.4 is 9.46 Å². The van der Waals surface area contributed by atoms with E-state index in [1.165, 1.54) is 13.3 Å². The highest BCUT2D eigenvalue weighted by molar-refractivity contribution is 9.10. The average molecular weight is 384 g/mol. The van der Waals surface area contributed by atoms with Gasteiger partial charge in [-0.3, -0.25) is 4.72 Å². The van der Waals surface area contributed by atoms with Crippen molar-refractivity contribution in [1.29, 1.82) is 0 Å². The molecule has 2 rings (SSSR count). The Morgan fingerprint density at radius 1 is 1.42 bits per heavy atom. The molecule has 1 heterocycles. The number of thiazole rings is 1. The van der Waals surface area contributed by atoms with Gasteiger partial charge in [0.25, 0.3) is 10.0 Å². The van der Waals surface area contributed by atoms with E-state index in [1.54, 1.807) is 18.2 Å². The Hall–Kier alpha value is -0.830. The molecule has 0 atom stereocenters. The lowest BCUT2D eigenvalue weighted by atomic mass is 10.3. The average Bonchev–Trinajstić information content (AvgIpc) is 2.75. The summed E-state index contributed by atoms with van der Waals surface area (Å²) in [7, 11) is -2.19. The van der Waals surface area contributed by atoms with E-state index in [0.29, 0.717) is 15.9 Å². The van der Waals surface area contributed by atoms with E-state index in [9.17, 15) is 8.42 Å².